The molecule has 0 amide bonds. The molecule has 3 nitrogen and oxygen atoms in total. The van der Waals surface area contributed by atoms with Crippen LogP contribution in [-0.2, 0) is 0 Å². The average molecular weight is 201 g/mol. The topological polar surface area (TPSA) is 60.5 Å². The van der Waals surface area contributed by atoms with Crippen LogP contribution in [0.5, 0.6) is 0 Å². The van der Waals surface area contributed by atoms with Gasteiger partial charge in [0.1, 0.15) is 6.07 Å². The van der Waals surface area contributed by atoms with Gasteiger partial charge in [-0.3, -0.25) is 4.98 Å². The van der Waals surface area contributed by atoms with Gasteiger partial charge >= 0.3 is 0 Å². The van der Waals surface area contributed by atoms with Crippen LogP contribution in [0.25, 0.3) is 0 Å². The molecule has 1 rings (SSSR count). The molecule has 3 heteroatoms. The van der Waals surface area contributed by atoms with E-state index >= 15 is 0 Å². The molecular weight excluding hydrogens is 186 g/mol. The highest BCUT2D eigenvalue weighted by Crippen LogP contribution is 2.17. The van der Waals surface area contributed by atoms with Gasteiger partial charge in [0, 0.05) is 18.8 Å². The van der Waals surface area contributed by atoms with E-state index in [0.717, 1.165) is 5.56 Å². The van der Waals surface area contributed by atoms with Crippen molar-refractivity contribution in [2.75, 3.05) is 0 Å². The highest BCUT2D eigenvalue weighted by Gasteiger charge is 2.05. The molecule has 0 aliphatic rings. The summed E-state index contributed by atoms with van der Waals surface area (Å²) in [5, 5.41) is 17.1. The van der Waals surface area contributed by atoms with Crippen molar-refractivity contribution in [3.05, 3.63) is 29.6 Å². The molecule has 1 atom stereocenters. The van der Waals surface area contributed by atoms with Gasteiger partial charge in [-0.1, -0.05) is 20.8 Å². The molecule has 0 spiro atoms. The quantitative estimate of drug-likeness (QED) is 0.739. The Labute approximate surface area is 91.0 Å². The van der Waals surface area contributed by atoms with Gasteiger partial charge in [0.25, 0.3) is 0 Å². The Morgan fingerprint density at radius 2 is 2.00 bits per heavy atom. The van der Waals surface area contributed by atoms with Gasteiger partial charge in [0.15, 0.2) is 0 Å². The second kappa shape index (κ2) is 7.53. The van der Waals surface area contributed by atoms with E-state index in [2.05, 4.69) is 11.1 Å². The van der Waals surface area contributed by atoms with Crippen LogP contribution in [0.3, 0.4) is 0 Å². The van der Waals surface area contributed by atoms with Gasteiger partial charge in [-0.05, 0) is 17.5 Å². The molecule has 0 fully saturated rings. The Hall–Kier alpha value is -1.87. The molecule has 15 heavy (non-hydrogen) atoms. The van der Waals surface area contributed by atoms with Crippen LogP contribution >= 0.6 is 0 Å². The first-order valence-corrected chi connectivity index (χ1v) is 5.00. The highest BCUT2D eigenvalue weighted by atomic mass is 14.6. The van der Waals surface area contributed by atoms with E-state index in [1.54, 1.807) is 12.3 Å². The Bertz CT molecular complexity index is 371. The molecule has 1 aromatic heterocycles. The van der Waals surface area contributed by atoms with Crippen LogP contribution in [0.1, 0.15) is 44.2 Å². The first-order chi connectivity index (χ1) is 7.27. The summed E-state index contributed by atoms with van der Waals surface area (Å²) >= 11 is 0. The maximum Gasteiger partial charge on any atom is 0.101 e. The van der Waals surface area contributed by atoms with E-state index < -0.39 is 0 Å². The van der Waals surface area contributed by atoms with Gasteiger partial charge in [-0.25, -0.2) is 0 Å². The van der Waals surface area contributed by atoms with Crippen molar-refractivity contribution in [1.82, 2.24) is 4.98 Å². The smallest absolute Gasteiger partial charge is 0.101 e. The summed E-state index contributed by atoms with van der Waals surface area (Å²) in [6.07, 6.45) is 3.67. The van der Waals surface area contributed by atoms with E-state index in [0.29, 0.717) is 12.0 Å². The zero-order valence-electron chi connectivity index (χ0n) is 9.36. The maximum absolute atomic E-state index is 8.62. The summed E-state index contributed by atoms with van der Waals surface area (Å²) < 4.78 is 0. The number of hydrogen-bond acceptors (Lipinski definition) is 3. The normalized spacial score (nSPS) is 10.2. The number of nitriles is 2. The predicted octanol–water partition coefficient (Wildman–Crippen LogP) is 3.00. The molecule has 0 aliphatic carbocycles. The summed E-state index contributed by atoms with van der Waals surface area (Å²) in [6, 6.07) is 5.88. The molecule has 0 bridgehead atoms. The second-order valence-electron chi connectivity index (χ2n) is 2.88. The van der Waals surface area contributed by atoms with Crippen LogP contribution in [0.2, 0.25) is 0 Å². The zero-order valence-corrected chi connectivity index (χ0v) is 9.36. The van der Waals surface area contributed by atoms with Gasteiger partial charge < -0.3 is 0 Å². The largest absolute Gasteiger partial charge is 0.263 e. The van der Waals surface area contributed by atoms with Crippen LogP contribution in [-0.4, -0.2) is 4.98 Å². The molecule has 78 valence electrons. The highest BCUT2D eigenvalue weighted by molar-refractivity contribution is 5.30. The van der Waals surface area contributed by atoms with Crippen LogP contribution in [0.15, 0.2) is 18.5 Å². The summed E-state index contributed by atoms with van der Waals surface area (Å²) in [4.78, 5) is 3.93. The fourth-order valence-corrected chi connectivity index (χ4v) is 1.04. The molecule has 1 aromatic rings. The third-order valence-corrected chi connectivity index (χ3v) is 1.86. The first-order valence-electron chi connectivity index (χ1n) is 5.00. The van der Waals surface area contributed by atoms with Gasteiger partial charge in [0.2, 0.25) is 0 Å². The molecule has 0 aliphatic heterocycles. The molecular formula is C12H15N3. The van der Waals surface area contributed by atoms with Crippen molar-refractivity contribution < 1.29 is 0 Å². The maximum atomic E-state index is 8.62. The van der Waals surface area contributed by atoms with E-state index in [9.17, 15) is 0 Å². The monoisotopic (exact) mass is 201 g/mol. The lowest BCUT2D eigenvalue weighted by molar-refractivity contribution is 0.783. The van der Waals surface area contributed by atoms with Crippen molar-refractivity contribution in [3.63, 3.8) is 0 Å². The van der Waals surface area contributed by atoms with Crippen LogP contribution < -0.4 is 0 Å². The second-order valence-corrected chi connectivity index (χ2v) is 2.88. The number of nitrogens with zero attached hydrogens (tertiary/aromatic N) is 3. The molecule has 0 radical (unpaired) electrons. The SMILES string of the molecule is CC.CC(CC#N)c1cncc(C#N)c1. The number of hydrogen-bond donors (Lipinski definition) is 0. The predicted molar refractivity (Wildman–Crippen MR) is 58.9 cm³/mol. The molecule has 0 N–H and O–H groups in total. The molecule has 0 saturated carbocycles. The molecule has 1 unspecified atom stereocenters. The van der Waals surface area contributed by atoms with Crippen molar-refractivity contribution in [2.45, 2.75) is 33.1 Å². The Morgan fingerprint density at radius 3 is 2.53 bits per heavy atom. The van der Waals surface area contributed by atoms with Crippen molar-refractivity contribution >= 4 is 0 Å². The minimum Gasteiger partial charge on any atom is -0.263 e. The number of aromatic nitrogens is 1. The minimum absolute atomic E-state index is 0.144. The van der Waals surface area contributed by atoms with E-state index in [-0.39, 0.29) is 5.92 Å². The fraction of sp³-hybridized carbons (Fsp3) is 0.417. The molecule has 1 heterocycles. The molecule has 0 saturated heterocycles. The number of pyridine rings is 1. The fourth-order valence-electron chi connectivity index (χ4n) is 1.04. The van der Waals surface area contributed by atoms with E-state index in [4.69, 9.17) is 10.5 Å². The van der Waals surface area contributed by atoms with Gasteiger partial charge in [0.05, 0.1) is 11.6 Å². The van der Waals surface area contributed by atoms with Crippen LogP contribution in [0.4, 0.5) is 0 Å². The Kier molecular flexibility index (Phi) is 6.59. The standard InChI is InChI=1S/C10H9N3.C2H6/c1-8(2-3-11)10-4-9(5-12)6-13-7-10;1-2/h4,6-8H,2H2,1H3;1-2H3. The summed E-state index contributed by atoms with van der Waals surface area (Å²) in [5.41, 5.74) is 1.49. The third-order valence-electron chi connectivity index (χ3n) is 1.86. The zero-order chi connectivity index (χ0) is 11.7. The van der Waals surface area contributed by atoms with Gasteiger partial charge in [-0.15, -0.1) is 0 Å². The van der Waals surface area contributed by atoms with Gasteiger partial charge in [-0.2, -0.15) is 10.5 Å². The summed E-state index contributed by atoms with van der Waals surface area (Å²) in [5.74, 6) is 0.144. The van der Waals surface area contributed by atoms with Crippen molar-refractivity contribution in [2.24, 2.45) is 0 Å². The lowest BCUT2D eigenvalue weighted by Crippen LogP contribution is -1.93. The van der Waals surface area contributed by atoms with Crippen molar-refractivity contribution in [3.8, 4) is 12.1 Å². The van der Waals surface area contributed by atoms with Crippen LogP contribution in [0, 0.1) is 22.7 Å². The minimum atomic E-state index is 0.144. The first kappa shape index (κ1) is 13.1. The summed E-state index contributed by atoms with van der Waals surface area (Å²) in [6.45, 7) is 5.95. The Balaban J connectivity index is 0.000000921. The van der Waals surface area contributed by atoms with E-state index in [1.165, 1.54) is 6.20 Å². The average Bonchev–Trinajstić information content (AvgIpc) is 2.32. The lowest BCUT2D eigenvalue weighted by atomic mass is 9.99. The third kappa shape index (κ3) is 4.24. The lowest BCUT2D eigenvalue weighted by Gasteiger charge is -2.05. The van der Waals surface area contributed by atoms with E-state index in [1.807, 2.05) is 26.8 Å². The summed E-state index contributed by atoms with van der Waals surface area (Å²) in [7, 11) is 0. The number of rotatable bonds is 2. The Morgan fingerprint density at radius 1 is 1.33 bits per heavy atom. The van der Waals surface area contributed by atoms with Crippen molar-refractivity contribution in [1.29, 1.82) is 10.5 Å². The molecule has 0 aromatic carbocycles.